The molecule has 0 spiro atoms. The van der Waals surface area contributed by atoms with E-state index in [0.29, 0.717) is 0 Å². The molecule has 6 heteroatoms. The summed E-state index contributed by atoms with van der Waals surface area (Å²) in [5.41, 5.74) is -0.332. The highest BCUT2D eigenvalue weighted by Crippen LogP contribution is 2.60. The first-order chi connectivity index (χ1) is 9.25. The third kappa shape index (κ3) is 4.00. The maximum Gasteiger partial charge on any atom is 0.311 e. The van der Waals surface area contributed by atoms with Gasteiger partial charge >= 0.3 is 5.97 Å². The first-order valence-corrected chi connectivity index (χ1v) is 7.74. The largest absolute Gasteiger partial charge is 0.441 e. The normalized spacial score (nSPS) is 25.4. The van der Waals surface area contributed by atoms with Gasteiger partial charge in [0, 0.05) is 5.33 Å². The summed E-state index contributed by atoms with van der Waals surface area (Å²) in [4.78, 5) is 12.1. The van der Waals surface area contributed by atoms with Crippen LogP contribution in [0, 0.1) is 29.6 Å². The fraction of sp³-hybridized carbons (Fsp3) is 0.500. The molecular weight excluding hydrogens is 370 g/mol. The molecule has 1 aliphatic carbocycles. The highest BCUT2D eigenvalue weighted by molar-refractivity contribution is 9.09. The molecule has 0 amide bonds. The summed E-state index contributed by atoms with van der Waals surface area (Å²) in [6, 6.07) is 0. The van der Waals surface area contributed by atoms with Crippen molar-refractivity contribution in [2.24, 2.45) is 17.3 Å². The van der Waals surface area contributed by atoms with E-state index in [9.17, 15) is 9.18 Å². The highest BCUT2D eigenvalue weighted by Gasteiger charge is 2.62. The van der Waals surface area contributed by atoms with Crippen LogP contribution >= 0.6 is 39.1 Å². The standard InChI is InChI=1S/C14H14BrCl2FO2/c1-4-10(9(18)5-6-15)20-13(19)12-8(7-11(16)17)14(12,2)3/h1,5,7-8,10,12H,6H2,2-3H3/b9-5-. The van der Waals surface area contributed by atoms with Crippen LogP contribution in [0.15, 0.2) is 22.5 Å². The van der Waals surface area contributed by atoms with Gasteiger partial charge in [-0.1, -0.05) is 58.9 Å². The van der Waals surface area contributed by atoms with E-state index >= 15 is 0 Å². The van der Waals surface area contributed by atoms with E-state index in [-0.39, 0.29) is 21.2 Å². The van der Waals surface area contributed by atoms with Crippen LogP contribution in [0.3, 0.4) is 0 Å². The molecule has 3 atom stereocenters. The summed E-state index contributed by atoms with van der Waals surface area (Å²) in [6.07, 6.45) is 6.68. The van der Waals surface area contributed by atoms with Gasteiger partial charge in [-0.3, -0.25) is 4.79 Å². The van der Waals surface area contributed by atoms with Crippen molar-refractivity contribution in [3.63, 3.8) is 0 Å². The van der Waals surface area contributed by atoms with E-state index in [4.69, 9.17) is 34.4 Å². The third-order valence-corrected chi connectivity index (χ3v) is 3.95. The Kier molecular flexibility index (Phi) is 6.12. The zero-order valence-electron chi connectivity index (χ0n) is 11.0. The number of rotatable bonds is 5. The Morgan fingerprint density at radius 1 is 1.60 bits per heavy atom. The van der Waals surface area contributed by atoms with Crippen LogP contribution in [-0.4, -0.2) is 17.4 Å². The molecule has 0 N–H and O–H groups in total. The topological polar surface area (TPSA) is 26.3 Å². The Morgan fingerprint density at radius 3 is 2.65 bits per heavy atom. The Balaban J connectivity index is 2.76. The minimum Gasteiger partial charge on any atom is -0.441 e. The van der Waals surface area contributed by atoms with Crippen LogP contribution in [0.25, 0.3) is 0 Å². The van der Waals surface area contributed by atoms with Crippen molar-refractivity contribution in [2.45, 2.75) is 20.0 Å². The van der Waals surface area contributed by atoms with Crippen molar-refractivity contribution in [1.82, 2.24) is 0 Å². The van der Waals surface area contributed by atoms with E-state index in [2.05, 4.69) is 21.9 Å². The fourth-order valence-corrected chi connectivity index (χ4v) is 2.70. The van der Waals surface area contributed by atoms with Crippen LogP contribution in [0.5, 0.6) is 0 Å². The minimum absolute atomic E-state index is 0.0947. The van der Waals surface area contributed by atoms with Crippen LogP contribution in [0.2, 0.25) is 0 Å². The third-order valence-electron chi connectivity index (χ3n) is 3.38. The zero-order valence-corrected chi connectivity index (χ0v) is 14.1. The molecule has 110 valence electrons. The molecule has 20 heavy (non-hydrogen) atoms. The molecule has 0 bridgehead atoms. The van der Waals surface area contributed by atoms with Crippen LogP contribution < -0.4 is 0 Å². The summed E-state index contributed by atoms with van der Waals surface area (Å²) in [5.74, 6) is 0.326. The average Bonchev–Trinajstić information content (AvgIpc) is 2.86. The monoisotopic (exact) mass is 382 g/mol. The van der Waals surface area contributed by atoms with Crippen molar-refractivity contribution < 1.29 is 13.9 Å². The second-order valence-electron chi connectivity index (χ2n) is 5.01. The summed E-state index contributed by atoms with van der Waals surface area (Å²) in [6.45, 7) is 3.76. The van der Waals surface area contributed by atoms with Crippen molar-refractivity contribution in [1.29, 1.82) is 0 Å². The highest BCUT2D eigenvalue weighted by atomic mass is 79.9. The van der Waals surface area contributed by atoms with Crippen LogP contribution in [-0.2, 0) is 9.53 Å². The summed E-state index contributed by atoms with van der Waals surface area (Å²) < 4.78 is 18.7. The molecule has 2 nitrogen and oxygen atoms in total. The first-order valence-electron chi connectivity index (χ1n) is 5.86. The fourth-order valence-electron chi connectivity index (χ4n) is 2.11. The van der Waals surface area contributed by atoms with Gasteiger partial charge in [0.2, 0.25) is 6.10 Å². The van der Waals surface area contributed by atoms with Crippen molar-refractivity contribution in [2.75, 3.05) is 5.33 Å². The number of hydrogen-bond acceptors (Lipinski definition) is 2. The number of halogens is 4. The van der Waals surface area contributed by atoms with Crippen molar-refractivity contribution >= 4 is 45.1 Å². The van der Waals surface area contributed by atoms with Gasteiger partial charge in [0.15, 0.2) is 0 Å². The van der Waals surface area contributed by atoms with Crippen LogP contribution in [0.1, 0.15) is 13.8 Å². The lowest BCUT2D eigenvalue weighted by Crippen LogP contribution is -2.20. The Bertz CT molecular complexity index is 490. The molecule has 1 fully saturated rings. The molecule has 1 saturated carbocycles. The molecule has 3 unspecified atom stereocenters. The lowest BCUT2D eigenvalue weighted by atomic mass is 10.1. The van der Waals surface area contributed by atoms with Gasteiger partial charge in [0.05, 0.1) is 5.92 Å². The number of carbonyl (C=O) groups is 1. The summed E-state index contributed by atoms with van der Waals surface area (Å²) in [7, 11) is 0. The Hall–Kier alpha value is -0.500. The van der Waals surface area contributed by atoms with Gasteiger partial charge in [-0.2, -0.15) is 0 Å². The van der Waals surface area contributed by atoms with E-state index in [0.717, 1.165) is 0 Å². The second kappa shape index (κ2) is 6.98. The molecule has 1 aliphatic rings. The van der Waals surface area contributed by atoms with E-state index in [1.807, 2.05) is 13.8 Å². The number of carbonyl (C=O) groups excluding carboxylic acids is 1. The number of alkyl halides is 1. The number of hydrogen-bond donors (Lipinski definition) is 0. The van der Waals surface area contributed by atoms with Gasteiger partial charge in [-0.15, -0.1) is 6.42 Å². The van der Waals surface area contributed by atoms with Gasteiger partial charge in [0.25, 0.3) is 0 Å². The van der Waals surface area contributed by atoms with Gasteiger partial charge in [0.1, 0.15) is 10.3 Å². The van der Waals surface area contributed by atoms with E-state index in [1.165, 1.54) is 6.08 Å². The number of esters is 1. The molecule has 0 aromatic rings. The molecule has 0 aliphatic heterocycles. The van der Waals surface area contributed by atoms with Crippen LogP contribution in [0.4, 0.5) is 4.39 Å². The maximum atomic E-state index is 13.6. The number of terminal acetylenes is 1. The number of allylic oxidation sites excluding steroid dienone is 2. The zero-order chi connectivity index (χ0) is 15.5. The molecule has 0 aromatic carbocycles. The Labute approximate surface area is 136 Å². The second-order valence-corrected chi connectivity index (χ2v) is 6.66. The van der Waals surface area contributed by atoms with E-state index in [1.54, 1.807) is 6.08 Å². The molecule has 0 heterocycles. The Morgan fingerprint density at radius 2 is 2.20 bits per heavy atom. The summed E-state index contributed by atoms with van der Waals surface area (Å²) >= 11 is 14.3. The van der Waals surface area contributed by atoms with Crippen molar-refractivity contribution in [3.05, 3.63) is 22.5 Å². The maximum absolute atomic E-state index is 13.6. The molecule has 0 radical (unpaired) electrons. The molecule has 0 saturated heterocycles. The lowest BCUT2D eigenvalue weighted by Gasteiger charge is -2.11. The van der Waals surface area contributed by atoms with Gasteiger partial charge in [-0.05, 0) is 23.5 Å². The van der Waals surface area contributed by atoms with Gasteiger partial charge < -0.3 is 4.74 Å². The van der Waals surface area contributed by atoms with Crippen molar-refractivity contribution in [3.8, 4) is 12.3 Å². The molecule has 0 aromatic heterocycles. The predicted octanol–water partition coefficient (Wildman–Crippen LogP) is 4.37. The molecular formula is C14H14BrCl2FO2. The quantitative estimate of drug-likeness (QED) is 0.400. The predicted molar refractivity (Wildman–Crippen MR) is 82.2 cm³/mol. The first kappa shape index (κ1) is 17.6. The minimum atomic E-state index is -1.30. The van der Waals surface area contributed by atoms with Gasteiger partial charge in [-0.25, -0.2) is 4.39 Å². The SMILES string of the molecule is C#CC(OC(=O)C1C(C=C(Cl)Cl)C1(C)C)/C(F)=C/CBr. The number of ether oxygens (including phenoxy) is 1. The lowest BCUT2D eigenvalue weighted by molar-refractivity contribution is -0.148. The molecule has 1 rings (SSSR count). The average molecular weight is 384 g/mol. The summed E-state index contributed by atoms with van der Waals surface area (Å²) in [5, 5.41) is 0.288. The smallest absolute Gasteiger partial charge is 0.311 e. The van der Waals surface area contributed by atoms with E-state index < -0.39 is 23.8 Å².